The summed E-state index contributed by atoms with van der Waals surface area (Å²) < 4.78 is 20.2. The van der Waals surface area contributed by atoms with E-state index in [1.54, 1.807) is 77.9 Å². The molecule has 5 atom stereocenters. The van der Waals surface area contributed by atoms with Gasteiger partial charge >= 0.3 is 5.97 Å². The minimum absolute atomic E-state index is 0.0170. The Morgan fingerprint density at radius 2 is 1.77 bits per heavy atom. The van der Waals surface area contributed by atoms with Crippen LogP contribution in [0.25, 0.3) is 0 Å². The Bertz CT molecular complexity index is 1590. The summed E-state index contributed by atoms with van der Waals surface area (Å²) in [6.07, 6.45) is 4.75. The number of hydroxylamine groups is 1. The van der Waals surface area contributed by atoms with Crippen LogP contribution in [0.1, 0.15) is 75.0 Å². The topological polar surface area (TPSA) is 114 Å². The lowest BCUT2D eigenvalue weighted by molar-refractivity contribution is -0.138. The molecule has 3 aromatic carbocycles. The molecule has 2 amide bonds. The van der Waals surface area contributed by atoms with E-state index in [1.807, 2.05) is 0 Å². The van der Waals surface area contributed by atoms with Crippen molar-refractivity contribution < 1.29 is 28.2 Å². The monoisotopic (exact) mass is 657 g/mol. The molecule has 12 heteroatoms. The first-order chi connectivity index (χ1) is 21.2. The normalized spacial score (nSPS) is 22.2. The number of hydrogen-bond donors (Lipinski definition) is 2. The molecule has 0 spiro atoms. The van der Waals surface area contributed by atoms with Crippen LogP contribution in [0, 0.1) is 0 Å². The summed E-state index contributed by atoms with van der Waals surface area (Å²) in [7, 11) is -0.00922. The van der Waals surface area contributed by atoms with Crippen LogP contribution in [0.4, 0.5) is 0 Å². The van der Waals surface area contributed by atoms with Gasteiger partial charge in [0.1, 0.15) is 0 Å². The molecule has 0 aromatic heterocycles. The number of rotatable bonds is 9. The molecular formula is C32H33Cl2N3O6S. The summed E-state index contributed by atoms with van der Waals surface area (Å²) >= 11 is 13.0. The molecule has 2 N–H and O–H groups in total. The summed E-state index contributed by atoms with van der Waals surface area (Å²) in [6.45, 7) is -0.0170. The lowest BCUT2D eigenvalue weighted by Gasteiger charge is -2.49. The number of carbonyl (C=O) groups is 3. The van der Waals surface area contributed by atoms with E-state index in [-0.39, 0.29) is 24.6 Å². The number of benzene rings is 3. The highest BCUT2D eigenvalue weighted by Crippen LogP contribution is 2.47. The molecule has 1 aliphatic carbocycles. The maximum absolute atomic E-state index is 14.3. The molecule has 44 heavy (non-hydrogen) atoms. The van der Waals surface area contributed by atoms with Gasteiger partial charge in [0.05, 0.1) is 42.2 Å². The van der Waals surface area contributed by atoms with Crippen molar-refractivity contribution in [2.24, 2.45) is 0 Å². The third-order valence-electron chi connectivity index (χ3n) is 8.10. The number of esters is 1. The highest BCUT2D eigenvalue weighted by Gasteiger charge is 2.49. The van der Waals surface area contributed by atoms with Crippen LogP contribution in [-0.2, 0) is 32.0 Å². The van der Waals surface area contributed by atoms with E-state index in [4.69, 9.17) is 32.8 Å². The molecule has 232 valence electrons. The third-order valence-corrected chi connectivity index (χ3v) is 9.30. The van der Waals surface area contributed by atoms with Crippen LogP contribution in [-0.4, -0.2) is 52.3 Å². The van der Waals surface area contributed by atoms with Gasteiger partial charge in [-0.2, -0.15) is 0 Å². The number of methoxy groups -OCH3 is 1. The molecule has 9 nitrogen and oxygen atoms in total. The standard InChI is InChI=1S/C32H33Cl2N3O6S/c1-42-32(40)20-9-7-8-19(16-20)18-43-35-30(38)28-22-10-3-4-11-23(22)31(39)37(27-13-6-5-12-26(27)36-44(2)41)29(28)24-15-14-21(33)17-25(24)34/h3-4,7-11,14-17,26-29,36H,5-6,12-13,18H2,1-2H3,(H,35,38)/t26-,27-,28-,29+,44?/m1/s1. The highest BCUT2D eigenvalue weighted by molar-refractivity contribution is 7.82. The first kappa shape index (κ1) is 32.1. The SMILES string of the molecule is COC(=O)c1cccc(CONC(=O)[C@@H]2c3ccccc3C(=O)N([C@@H]3CCCC[C@H]3NS(C)=O)[C@H]2c2ccc(Cl)cc2Cl)c1. The molecule has 3 aromatic rings. The van der Waals surface area contributed by atoms with Crippen molar-refractivity contribution in [3.05, 3.63) is 105 Å². The van der Waals surface area contributed by atoms with Crippen molar-refractivity contribution in [1.82, 2.24) is 15.1 Å². The van der Waals surface area contributed by atoms with Gasteiger partial charge in [0.25, 0.3) is 11.8 Å². The second kappa shape index (κ2) is 14.2. The summed E-state index contributed by atoms with van der Waals surface area (Å²) in [5, 5.41) is 0.738. The lowest BCUT2D eigenvalue weighted by atomic mass is 9.76. The van der Waals surface area contributed by atoms with Crippen molar-refractivity contribution in [3.63, 3.8) is 0 Å². The van der Waals surface area contributed by atoms with Crippen LogP contribution < -0.4 is 10.2 Å². The van der Waals surface area contributed by atoms with Gasteiger partial charge in [-0.25, -0.2) is 19.2 Å². The summed E-state index contributed by atoms with van der Waals surface area (Å²) in [5.41, 5.74) is 5.10. The molecule has 1 aliphatic heterocycles. The number of halogens is 2. The molecular weight excluding hydrogens is 625 g/mol. The maximum atomic E-state index is 14.3. The fourth-order valence-corrected chi connectivity index (χ4v) is 7.45. The first-order valence-corrected chi connectivity index (χ1v) is 16.6. The summed E-state index contributed by atoms with van der Waals surface area (Å²) in [4.78, 5) is 47.9. The number of nitrogens with zero attached hydrogens (tertiary/aromatic N) is 1. The zero-order chi connectivity index (χ0) is 31.4. The predicted octanol–water partition coefficient (Wildman–Crippen LogP) is 5.50. The van der Waals surface area contributed by atoms with Crippen molar-refractivity contribution in [3.8, 4) is 0 Å². The second-order valence-corrected chi connectivity index (χ2v) is 12.9. The minimum atomic E-state index is -1.31. The maximum Gasteiger partial charge on any atom is 0.337 e. The van der Waals surface area contributed by atoms with Gasteiger partial charge < -0.3 is 9.64 Å². The van der Waals surface area contributed by atoms with E-state index < -0.39 is 34.8 Å². The Kier molecular flexibility index (Phi) is 10.4. The van der Waals surface area contributed by atoms with E-state index >= 15 is 0 Å². The molecule has 1 saturated carbocycles. The third kappa shape index (κ3) is 6.84. The molecule has 0 radical (unpaired) electrons. The largest absolute Gasteiger partial charge is 0.465 e. The fraction of sp³-hybridized carbons (Fsp3) is 0.344. The number of carbonyl (C=O) groups excluding carboxylic acids is 3. The van der Waals surface area contributed by atoms with E-state index in [1.165, 1.54) is 7.11 Å². The smallest absolute Gasteiger partial charge is 0.337 e. The zero-order valence-electron chi connectivity index (χ0n) is 24.3. The van der Waals surface area contributed by atoms with Crippen LogP contribution in [0.2, 0.25) is 10.0 Å². The van der Waals surface area contributed by atoms with E-state index in [0.29, 0.717) is 44.3 Å². The number of nitrogens with one attached hydrogen (secondary N) is 2. The molecule has 1 unspecified atom stereocenters. The Morgan fingerprint density at radius 1 is 1.00 bits per heavy atom. The van der Waals surface area contributed by atoms with Gasteiger partial charge in [-0.15, -0.1) is 0 Å². The van der Waals surface area contributed by atoms with Crippen LogP contribution in [0.5, 0.6) is 0 Å². The van der Waals surface area contributed by atoms with Gasteiger partial charge in [-0.1, -0.05) is 72.4 Å². The van der Waals surface area contributed by atoms with Crippen LogP contribution >= 0.6 is 23.2 Å². The highest BCUT2D eigenvalue weighted by atomic mass is 35.5. The van der Waals surface area contributed by atoms with Crippen molar-refractivity contribution in [1.29, 1.82) is 0 Å². The quantitative estimate of drug-likeness (QED) is 0.232. The van der Waals surface area contributed by atoms with Gasteiger partial charge in [-0.3, -0.25) is 14.4 Å². The van der Waals surface area contributed by atoms with E-state index in [0.717, 1.165) is 19.3 Å². The Balaban J connectivity index is 1.54. The number of ether oxygens (including phenoxy) is 1. The van der Waals surface area contributed by atoms with Crippen LogP contribution in [0.15, 0.2) is 66.7 Å². The van der Waals surface area contributed by atoms with Crippen molar-refractivity contribution in [2.75, 3.05) is 13.4 Å². The first-order valence-electron chi connectivity index (χ1n) is 14.2. The molecule has 1 fully saturated rings. The van der Waals surface area contributed by atoms with Gasteiger partial charge in [-0.05, 0) is 59.9 Å². The van der Waals surface area contributed by atoms with Gasteiger partial charge in [0.15, 0.2) is 0 Å². The average molecular weight is 659 g/mol. The lowest BCUT2D eigenvalue weighted by Crippen LogP contribution is -2.58. The van der Waals surface area contributed by atoms with E-state index in [9.17, 15) is 18.6 Å². The Morgan fingerprint density at radius 3 is 2.52 bits per heavy atom. The fourth-order valence-electron chi connectivity index (χ4n) is 6.23. The summed E-state index contributed by atoms with van der Waals surface area (Å²) in [6, 6.07) is 17.3. The molecule has 2 aliphatic rings. The Labute approximate surface area is 268 Å². The Hall–Kier alpha value is -3.28. The van der Waals surface area contributed by atoms with E-state index in [2.05, 4.69) is 10.2 Å². The number of amides is 2. The zero-order valence-corrected chi connectivity index (χ0v) is 26.6. The average Bonchev–Trinajstić information content (AvgIpc) is 3.01. The molecule has 0 bridgehead atoms. The summed E-state index contributed by atoms with van der Waals surface area (Å²) in [5.74, 6) is -2.10. The van der Waals surface area contributed by atoms with Gasteiger partial charge in [0, 0.05) is 33.9 Å². The molecule has 1 heterocycles. The van der Waals surface area contributed by atoms with Gasteiger partial charge in [0.2, 0.25) is 0 Å². The minimum Gasteiger partial charge on any atom is -0.465 e. The molecule has 0 saturated heterocycles. The number of hydrogen-bond acceptors (Lipinski definition) is 6. The predicted molar refractivity (Wildman–Crippen MR) is 169 cm³/mol. The van der Waals surface area contributed by atoms with Crippen molar-refractivity contribution >= 4 is 52.0 Å². The van der Waals surface area contributed by atoms with Crippen molar-refractivity contribution in [2.45, 2.75) is 56.3 Å². The second-order valence-electron chi connectivity index (χ2n) is 10.9. The number of fused-ring (bicyclic) bond motifs is 1. The molecule has 5 rings (SSSR count). The van der Waals surface area contributed by atoms with Crippen LogP contribution in [0.3, 0.4) is 0 Å².